The predicted molar refractivity (Wildman–Crippen MR) is 74.2 cm³/mol. The van der Waals surface area contributed by atoms with E-state index >= 15 is 0 Å². The maximum absolute atomic E-state index is 11.7. The van der Waals surface area contributed by atoms with E-state index in [2.05, 4.69) is 9.44 Å². The number of benzene rings is 1. The minimum atomic E-state index is -3.83. The van der Waals surface area contributed by atoms with E-state index in [1.807, 2.05) is 0 Å². The second-order valence-electron chi connectivity index (χ2n) is 4.00. The van der Waals surface area contributed by atoms with E-state index in [9.17, 15) is 13.2 Å². The Bertz CT molecular complexity index is 579. The van der Waals surface area contributed by atoms with Gasteiger partial charge >= 0.3 is 5.97 Å². The van der Waals surface area contributed by atoms with Crippen LogP contribution in [-0.2, 0) is 10.2 Å². The van der Waals surface area contributed by atoms with E-state index in [0.29, 0.717) is 0 Å². The summed E-state index contributed by atoms with van der Waals surface area (Å²) in [5.74, 6) is -1.21. The molecule has 3 N–H and O–H groups in total. The highest BCUT2D eigenvalue weighted by Crippen LogP contribution is 2.32. The van der Waals surface area contributed by atoms with Crippen LogP contribution in [0.25, 0.3) is 0 Å². The Kier molecular flexibility index (Phi) is 5.03. The maximum atomic E-state index is 11.7. The molecule has 0 heterocycles. The highest BCUT2D eigenvalue weighted by molar-refractivity contribution is 7.90. The third-order valence-electron chi connectivity index (χ3n) is 1.92. The number of carboxylic acids is 1. The molecular weight excluding hydrogens is 315 g/mol. The molecule has 1 aromatic carbocycles. The molecule has 1 rings (SSSR count). The van der Waals surface area contributed by atoms with Gasteiger partial charge in [0.25, 0.3) is 10.2 Å². The smallest absolute Gasteiger partial charge is 0.335 e. The minimum absolute atomic E-state index is 0.0681. The number of aromatic carboxylic acids is 1. The van der Waals surface area contributed by atoms with Gasteiger partial charge in [0, 0.05) is 6.04 Å². The molecule has 0 saturated heterocycles. The molecule has 6 nitrogen and oxygen atoms in total. The van der Waals surface area contributed by atoms with Gasteiger partial charge in [-0.3, -0.25) is 4.72 Å². The van der Waals surface area contributed by atoms with Crippen LogP contribution in [0.2, 0.25) is 10.0 Å². The molecule has 0 radical (unpaired) electrons. The molecular formula is C10H12Cl2N2O4S. The number of hydrogen-bond acceptors (Lipinski definition) is 3. The Hall–Kier alpha value is -1.02. The molecule has 106 valence electrons. The molecule has 0 atom stereocenters. The van der Waals surface area contributed by atoms with Gasteiger partial charge in [-0.1, -0.05) is 23.2 Å². The van der Waals surface area contributed by atoms with Gasteiger partial charge in [0.05, 0.1) is 21.3 Å². The third kappa shape index (κ3) is 4.54. The Morgan fingerprint density at radius 1 is 1.26 bits per heavy atom. The summed E-state index contributed by atoms with van der Waals surface area (Å²) in [5, 5.41) is 8.61. The first-order valence-corrected chi connectivity index (χ1v) is 7.38. The SMILES string of the molecule is CC(C)NS(=O)(=O)Nc1c(Cl)cc(C(=O)O)cc1Cl. The molecule has 0 aliphatic rings. The molecule has 0 aliphatic carbocycles. The lowest BCUT2D eigenvalue weighted by Gasteiger charge is -2.14. The van der Waals surface area contributed by atoms with Crippen LogP contribution in [0.5, 0.6) is 0 Å². The summed E-state index contributed by atoms with van der Waals surface area (Å²) < 4.78 is 27.8. The fourth-order valence-corrected chi connectivity index (χ4v) is 3.13. The molecule has 19 heavy (non-hydrogen) atoms. The number of halogens is 2. The molecule has 0 aromatic heterocycles. The first kappa shape index (κ1) is 16.0. The van der Waals surface area contributed by atoms with E-state index in [1.165, 1.54) is 0 Å². The number of nitrogens with one attached hydrogen (secondary N) is 2. The van der Waals surface area contributed by atoms with E-state index in [0.717, 1.165) is 12.1 Å². The Morgan fingerprint density at radius 3 is 2.11 bits per heavy atom. The van der Waals surface area contributed by atoms with Gasteiger partial charge in [-0.2, -0.15) is 13.1 Å². The summed E-state index contributed by atoms with van der Waals surface area (Å²) >= 11 is 11.6. The number of carbonyl (C=O) groups is 1. The van der Waals surface area contributed by atoms with Crippen molar-refractivity contribution in [3.8, 4) is 0 Å². The van der Waals surface area contributed by atoms with E-state index < -0.39 is 16.2 Å². The quantitative estimate of drug-likeness (QED) is 0.773. The average Bonchev–Trinajstić information content (AvgIpc) is 2.21. The third-order valence-corrected chi connectivity index (χ3v) is 3.77. The van der Waals surface area contributed by atoms with Gasteiger partial charge < -0.3 is 5.11 Å². The van der Waals surface area contributed by atoms with Crippen LogP contribution < -0.4 is 9.44 Å². The largest absolute Gasteiger partial charge is 0.478 e. The summed E-state index contributed by atoms with van der Waals surface area (Å²) in [6, 6.07) is 1.92. The van der Waals surface area contributed by atoms with Gasteiger partial charge in [0.2, 0.25) is 0 Å². The van der Waals surface area contributed by atoms with Crippen molar-refractivity contribution in [3.63, 3.8) is 0 Å². The van der Waals surface area contributed by atoms with Crippen molar-refractivity contribution in [1.82, 2.24) is 4.72 Å². The molecule has 1 aromatic rings. The van der Waals surface area contributed by atoms with Crippen LogP contribution in [0.1, 0.15) is 24.2 Å². The maximum Gasteiger partial charge on any atom is 0.335 e. The van der Waals surface area contributed by atoms with Crippen LogP contribution in [0.3, 0.4) is 0 Å². The molecule has 0 amide bonds. The van der Waals surface area contributed by atoms with Crippen molar-refractivity contribution < 1.29 is 18.3 Å². The second kappa shape index (κ2) is 5.96. The molecule has 0 bridgehead atoms. The predicted octanol–water partition coefficient (Wildman–Crippen LogP) is 2.35. The number of carboxylic acid groups (broad SMARTS) is 1. The fraction of sp³-hybridized carbons (Fsp3) is 0.300. The van der Waals surface area contributed by atoms with Gasteiger partial charge in [-0.05, 0) is 26.0 Å². The lowest BCUT2D eigenvalue weighted by Crippen LogP contribution is -2.35. The average molecular weight is 327 g/mol. The number of hydrogen-bond donors (Lipinski definition) is 3. The molecule has 0 fully saturated rings. The summed E-state index contributed by atoms with van der Waals surface area (Å²) in [5.41, 5.74) is -0.198. The molecule has 9 heteroatoms. The summed E-state index contributed by atoms with van der Waals surface area (Å²) in [4.78, 5) is 10.8. The fourth-order valence-electron chi connectivity index (χ4n) is 1.27. The van der Waals surface area contributed by atoms with Crippen molar-refractivity contribution in [1.29, 1.82) is 0 Å². The summed E-state index contributed by atoms with van der Waals surface area (Å²) in [7, 11) is -3.83. The van der Waals surface area contributed by atoms with Crippen LogP contribution in [0, 0.1) is 0 Å². The first-order chi connectivity index (χ1) is 8.62. The van der Waals surface area contributed by atoms with Crippen molar-refractivity contribution in [2.24, 2.45) is 0 Å². The van der Waals surface area contributed by atoms with Gasteiger partial charge in [-0.15, -0.1) is 0 Å². The van der Waals surface area contributed by atoms with Crippen molar-refractivity contribution in [3.05, 3.63) is 27.7 Å². The lowest BCUT2D eigenvalue weighted by molar-refractivity contribution is 0.0697. The van der Waals surface area contributed by atoms with Crippen LogP contribution in [-0.4, -0.2) is 25.5 Å². The Labute approximate surface area is 120 Å². The molecule has 0 saturated carbocycles. The van der Waals surface area contributed by atoms with E-state index in [1.54, 1.807) is 13.8 Å². The molecule has 0 unspecified atom stereocenters. The lowest BCUT2D eigenvalue weighted by atomic mass is 10.2. The van der Waals surface area contributed by atoms with Crippen LogP contribution in [0.4, 0.5) is 5.69 Å². The number of anilines is 1. The zero-order valence-electron chi connectivity index (χ0n) is 10.1. The first-order valence-electron chi connectivity index (χ1n) is 5.15. The highest BCUT2D eigenvalue weighted by Gasteiger charge is 2.18. The monoisotopic (exact) mass is 326 g/mol. The summed E-state index contributed by atoms with van der Waals surface area (Å²) in [6.45, 7) is 3.30. The van der Waals surface area contributed by atoms with Gasteiger partial charge in [0.1, 0.15) is 0 Å². The molecule has 0 spiro atoms. The Balaban J connectivity index is 3.13. The zero-order chi connectivity index (χ0) is 14.8. The normalized spacial score (nSPS) is 11.6. The van der Waals surface area contributed by atoms with E-state index in [-0.39, 0.29) is 27.3 Å². The van der Waals surface area contributed by atoms with Crippen molar-refractivity contribution >= 4 is 45.1 Å². The number of rotatable bonds is 5. The van der Waals surface area contributed by atoms with Crippen LogP contribution in [0.15, 0.2) is 12.1 Å². The van der Waals surface area contributed by atoms with Crippen LogP contribution >= 0.6 is 23.2 Å². The second-order valence-corrected chi connectivity index (χ2v) is 6.26. The topological polar surface area (TPSA) is 95.5 Å². The van der Waals surface area contributed by atoms with E-state index in [4.69, 9.17) is 28.3 Å². The van der Waals surface area contributed by atoms with Gasteiger partial charge in [0.15, 0.2) is 0 Å². The minimum Gasteiger partial charge on any atom is -0.478 e. The zero-order valence-corrected chi connectivity index (χ0v) is 12.4. The highest BCUT2D eigenvalue weighted by atomic mass is 35.5. The van der Waals surface area contributed by atoms with Crippen molar-refractivity contribution in [2.75, 3.05) is 4.72 Å². The Morgan fingerprint density at radius 2 is 1.74 bits per heavy atom. The summed E-state index contributed by atoms with van der Waals surface area (Å²) in [6.07, 6.45) is 0. The van der Waals surface area contributed by atoms with Gasteiger partial charge in [-0.25, -0.2) is 4.79 Å². The standard InChI is InChI=1S/C10H12Cl2N2O4S/c1-5(2)13-19(17,18)14-9-7(11)3-6(10(15)16)4-8(9)12/h3-5,13-14H,1-2H3,(H,15,16). The molecule has 0 aliphatic heterocycles. The van der Waals surface area contributed by atoms with Crippen molar-refractivity contribution in [2.45, 2.75) is 19.9 Å².